The highest BCUT2D eigenvalue weighted by atomic mass is 32.2. The third-order valence-electron chi connectivity index (χ3n) is 2.43. The Hall–Kier alpha value is -0.870. The molecule has 0 heterocycles. The molecular formula is C13H21NO2S. The van der Waals surface area contributed by atoms with Crippen molar-refractivity contribution in [3.63, 3.8) is 0 Å². The summed E-state index contributed by atoms with van der Waals surface area (Å²) in [6.45, 7) is 4.13. The number of benzene rings is 1. The Bertz CT molecular complexity index is 362. The van der Waals surface area contributed by atoms with Crippen molar-refractivity contribution in [2.45, 2.75) is 19.9 Å². The van der Waals surface area contributed by atoms with Crippen LogP contribution in [0.4, 0.5) is 0 Å². The van der Waals surface area contributed by atoms with Gasteiger partial charge in [-0.15, -0.1) is 0 Å². The third-order valence-corrected chi connectivity index (χ3v) is 4.20. The second-order valence-electron chi connectivity index (χ2n) is 4.55. The van der Waals surface area contributed by atoms with Gasteiger partial charge in [0.05, 0.1) is 7.11 Å². The van der Waals surface area contributed by atoms with E-state index in [9.17, 15) is 4.21 Å². The van der Waals surface area contributed by atoms with Crippen LogP contribution >= 0.6 is 0 Å². The second kappa shape index (κ2) is 6.77. The molecule has 0 aliphatic heterocycles. The zero-order valence-corrected chi connectivity index (χ0v) is 11.5. The molecule has 2 atom stereocenters. The quantitative estimate of drug-likeness (QED) is 0.847. The summed E-state index contributed by atoms with van der Waals surface area (Å²) in [6.07, 6.45) is 0. The van der Waals surface area contributed by atoms with Crippen LogP contribution in [0.3, 0.4) is 0 Å². The topological polar surface area (TPSA) is 52.3 Å². The summed E-state index contributed by atoms with van der Waals surface area (Å²) in [5, 5.41) is 0. The molecule has 1 aromatic rings. The molecule has 0 aliphatic rings. The van der Waals surface area contributed by atoms with E-state index in [1.807, 2.05) is 24.3 Å². The summed E-state index contributed by atoms with van der Waals surface area (Å²) in [4.78, 5) is 0. The van der Waals surface area contributed by atoms with E-state index >= 15 is 0 Å². The van der Waals surface area contributed by atoms with Gasteiger partial charge in [0.15, 0.2) is 0 Å². The number of rotatable bonds is 6. The van der Waals surface area contributed by atoms with E-state index in [0.717, 1.165) is 11.3 Å². The molecule has 4 heteroatoms. The number of methoxy groups -OCH3 is 1. The maximum Gasteiger partial charge on any atom is 0.118 e. The predicted octanol–water partition coefficient (Wildman–Crippen LogP) is 2.10. The molecule has 0 spiro atoms. The van der Waals surface area contributed by atoms with Crippen LogP contribution in [0.5, 0.6) is 5.75 Å². The first kappa shape index (κ1) is 14.2. The van der Waals surface area contributed by atoms with Crippen LogP contribution in [-0.2, 0) is 10.8 Å². The van der Waals surface area contributed by atoms with Gasteiger partial charge in [-0.1, -0.05) is 26.0 Å². The fourth-order valence-electron chi connectivity index (χ4n) is 1.59. The average molecular weight is 255 g/mol. The van der Waals surface area contributed by atoms with E-state index < -0.39 is 10.8 Å². The molecule has 1 rings (SSSR count). The van der Waals surface area contributed by atoms with Gasteiger partial charge in [-0.25, -0.2) is 0 Å². The predicted molar refractivity (Wildman–Crippen MR) is 72.6 cm³/mol. The Labute approximate surface area is 106 Å². The average Bonchev–Trinajstić information content (AvgIpc) is 2.28. The molecule has 1 aromatic carbocycles. The Morgan fingerprint density at radius 1 is 1.24 bits per heavy atom. The smallest absolute Gasteiger partial charge is 0.118 e. The molecule has 0 radical (unpaired) electrons. The lowest BCUT2D eigenvalue weighted by Gasteiger charge is -2.13. The van der Waals surface area contributed by atoms with E-state index in [2.05, 4.69) is 13.8 Å². The maximum absolute atomic E-state index is 11.8. The Kier molecular flexibility index (Phi) is 5.65. The second-order valence-corrected chi connectivity index (χ2v) is 6.09. The van der Waals surface area contributed by atoms with Crippen LogP contribution in [0.1, 0.15) is 25.5 Å². The molecule has 0 saturated carbocycles. The van der Waals surface area contributed by atoms with E-state index in [4.69, 9.17) is 10.5 Å². The highest BCUT2D eigenvalue weighted by Crippen LogP contribution is 2.17. The van der Waals surface area contributed by atoms with Gasteiger partial charge in [-0.05, 0) is 23.6 Å². The summed E-state index contributed by atoms with van der Waals surface area (Å²) < 4.78 is 16.8. The summed E-state index contributed by atoms with van der Waals surface area (Å²) in [6, 6.07) is 7.44. The van der Waals surface area contributed by atoms with Crippen molar-refractivity contribution in [2.75, 3.05) is 18.6 Å². The van der Waals surface area contributed by atoms with Crippen molar-refractivity contribution in [3.8, 4) is 5.75 Å². The molecule has 3 nitrogen and oxygen atoms in total. The Balaban J connectivity index is 2.56. The van der Waals surface area contributed by atoms with Gasteiger partial charge in [0, 0.05) is 28.3 Å². The maximum atomic E-state index is 11.8. The molecule has 2 N–H and O–H groups in total. The van der Waals surface area contributed by atoms with Gasteiger partial charge in [0.2, 0.25) is 0 Å². The minimum atomic E-state index is -0.844. The van der Waals surface area contributed by atoms with Crippen molar-refractivity contribution in [2.24, 2.45) is 11.7 Å². The zero-order valence-electron chi connectivity index (χ0n) is 10.7. The van der Waals surface area contributed by atoms with Crippen molar-refractivity contribution in [1.29, 1.82) is 0 Å². The van der Waals surface area contributed by atoms with Crippen molar-refractivity contribution in [1.82, 2.24) is 0 Å². The lowest BCUT2D eigenvalue weighted by molar-refractivity contribution is 0.414. The van der Waals surface area contributed by atoms with Crippen LogP contribution in [0.2, 0.25) is 0 Å². The fourth-order valence-corrected chi connectivity index (χ4v) is 3.06. The molecule has 0 bridgehead atoms. The molecule has 0 aliphatic carbocycles. The zero-order chi connectivity index (χ0) is 12.8. The normalized spacial score (nSPS) is 14.6. The molecule has 0 fully saturated rings. The third kappa shape index (κ3) is 4.88. The number of hydrogen-bond donors (Lipinski definition) is 1. The minimum absolute atomic E-state index is 0.166. The summed E-state index contributed by atoms with van der Waals surface area (Å²) in [5.41, 5.74) is 7.03. The summed E-state index contributed by atoms with van der Waals surface area (Å²) in [7, 11) is 0.787. The van der Waals surface area contributed by atoms with Crippen LogP contribution in [-0.4, -0.2) is 22.8 Å². The van der Waals surface area contributed by atoms with Crippen molar-refractivity contribution >= 4 is 10.8 Å². The monoisotopic (exact) mass is 255 g/mol. The van der Waals surface area contributed by atoms with E-state index in [1.165, 1.54) is 0 Å². The van der Waals surface area contributed by atoms with E-state index in [1.54, 1.807) is 7.11 Å². The standard InChI is InChI=1S/C13H21NO2S/c1-10(2)8-17(15)9-13(14)11-4-6-12(16-3)7-5-11/h4-7,10,13H,8-9,14H2,1-3H3. The molecule has 2 unspecified atom stereocenters. The highest BCUT2D eigenvalue weighted by molar-refractivity contribution is 7.85. The molecule has 0 saturated heterocycles. The van der Waals surface area contributed by atoms with Gasteiger partial charge in [-0.3, -0.25) is 4.21 Å². The first-order valence-electron chi connectivity index (χ1n) is 5.77. The molecule has 0 aromatic heterocycles. The van der Waals surface area contributed by atoms with Gasteiger partial charge in [0.1, 0.15) is 5.75 Å². The van der Waals surface area contributed by atoms with Gasteiger partial charge < -0.3 is 10.5 Å². The van der Waals surface area contributed by atoms with Crippen molar-refractivity contribution in [3.05, 3.63) is 29.8 Å². The Morgan fingerprint density at radius 2 is 1.82 bits per heavy atom. The molecule has 17 heavy (non-hydrogen) atoms. The Morgan fingerprint density at radius 3 is 2.29 bits per heavy atom. The molecule has 0 amide bonds. The van der Waals surface area contributed by atoms with Gasteiger partial charge >= 0.3 is 0 Å². The highest BCUT2D eigenvalue weighted by Gasteiger charge is 2.11. The van der Waals surface area contributed by atoms with Crippen LogP contribution in [0.15, 0.2) is 24.3 Å². The van der Waals surface area contributed by atoms with Gasteiger partial charge in [-0.2, -0.15) is 0 Å². The van der Waals surface area contributed by atoms with Crippen molar-refractivity contribution < 1.29 is 8.95 Å². The van der Waals surface area contributed by atoms with E-state index in [-0.39, 0.29) is 6.04 Å². The SMILES string of the molecule is COc1ccc(C(N)CS(=O)CC(C)C)cc1. The first-order chi connectivity index (χ1) is 8.02. The number of hydrogen-bond acceptors (Lipinski definition) is 3. The van der Waals surface area contributed by atoms with Crippen LogP contribution < -0.4 is 10.5 Å². The summed E-state index contributed by atoms with van der Waals surface area (Å²) in [5.74, 6) is 2.48. The number of ether oxygens (including phenoxy) is 1. The molecular weight excluding hydrogens is 234 g/mol. The van der Waals surface area contributed by atoms with Gasteiger partial charge in [0.25, 0.3) is 0 Å². The lowest BCUT2D eigenvalue weighted by Crippen LogP contribution is -2.21. The summed E-state index contributed by atoms with van der Waals surface area (Å²) >= 11 is 0. The number of nitrogens with two attached hydrogens (primary N) is 1. The van der Waals surface area contributed by atoms with E-state index in [0.29, 0.717) is 17.4 Å². The first-order valence-corrected chi connectivity index (χ1v) is 7.26. The van der Waals surface area contributed by atoms with Crippen LogP contribution in [0, 0.1) is 5.92 Å². The lowest BCUT2D eigenvalue weighted by atomic mass is 10.1. The largest absolute Gasteiger partial charge is 0.497 e. The molecule has 96 valence electrons. The van der Waals surface area contributed by atoms with Crippen LogP contribution in [0.25, 0.3) is 0 Å². The fraction of sp³-hybridized carbons (Fsp3) is 0.538. The minimum Gasteiger partial charge on any atom is -0.497 e.